The fourth-order valence-corrected chi connectivity index (χ4v) is 3.45. The number of thiocarbonyl (C=S) groups is 1. The van der Waals surface area contributed by atoms with Crippen LogP contribution in [0, 0.1) is 5.92 Å². The highest BCUT2D eigenvalue weighted by atomic mass is 32.1. The van der Waals surface area contributed by atoms with Gasteiger partial charge in [-0.2, -0.15) is 0 Å². The molecule has 1 aliphatic rings. The predicted octanol–water partition coefficient (Wildman–Crippen LogP) is 2.00. The molecule has 0 bridgehead atoms. The van der Waals surface area contributed by atoms with Crippen LogP contribution >= 0.6 is 23.6 Å². The molecule has 1 amide bonds. The number of hydrazine groups is 1. The first-order valence-corrected chi connectivity index (χ1v) is 7.76. The lowest BCUT2D eigenvalue weighted by Crippen LogP contribution is -2.45. The topological polar surface area (TPSA) is 53.2 Å². The van der Waals surface area contributed by atoms with Crippen LogP contribution in [0.2, 0.25) is 0 Å². The van der Waals surface area contributed by atoms with Gasteiger partial charge in [0.05, 0.1) is 4.88 Å². The summed E-state index contributed by atoms with van der Waals surface area (Å²) in [6, 6.07) is 2.03. The van der Waals surface area contributed by atoms with Crippen molar-refractivity contribution >= 4 is 34.6 Å². The Morgan fingerprint density at radius 3 is 3.00 bits per heavy atom. The van der Waals surface area contributed by atoms with Crippen LogP contribution in [0.5, 0.6) is 0 Å². The van der Waals surface area contributed by atoms with Gasteiger partial charge >= 0.3 is 0 Å². The number of nitrogens with one attached hydrogen (secondary N) is 3. The van der Waals surface area contributed by atoms with Gasteiger partial charge in [-0.1, -0.05) is 13.3 Å². The third-order valence-corrected chi connectivity index (χ3v) is 5.04. The highest BCUT2D eigenvalue weighted by Gasteiger charge is 2.21. The molecule has 1 aromatic rings. The van der Waals surface area contributed by atoms with E-state index in [1.807, 2.05) is 6.07 Å². The molecule has 4 nitrogen and oxygen atoms in total. The second-order valence-corrected chi connectivity index (χ2v) is 6.28. The monoisotopic (exact) mass is 297 g/mol. The van der Waals surface area contributed by atoms with E-state index in [1.54, 1.807) is 18.4 Å². The summed E-state index contributed by atoms with van der Waals surface area (Å²) >= 11 is 6.51. The highest BCUT2D eigenvalue weighted by molar-refractivity contribution is 7.80. The summed E-state index contributed by atoms with van der Waals surface area (Å²) < 4.78 is 0. The molecule has 0 radical (unpaired) electrons. The lowest BCUT2D eigenvalue weighted by atomic mass is 9.87. The molecular formula is C13H19N3OS2. The Balaban J connectivity index is 2.00. The first-order valence-electron chi connectivity index (χ1n) is 6.53. The van der Waals surface area contributed by atoms with Crippen LogP contribution in [0.3, 0.4) is 0 Å². The molecule has 3 N–H and O–H groups in total. The molecule has 0 spiro atoms. The minimum atomic E-state index is -0.120. The van der Waals surface area contributed by atoms with Crippen molar-refractivity contribution in [3.63, 3.8) is 0 Å². The van der Waals surface area contributed by atoms with E-state index in [-0.39, 0.29) is 5.91 Å². The number of carbonyl (C=O) groups excluding carboxylic acids is 1. The second-order valence-electron chi connectivity index (χ2n) is 4.73. The number of thiophene rings is 1. The van der Waals surface area contributed by atoms with Crippen molar-refractivity contribution in [3.8, 4) is 0 Å². The van der Waals surface area contributed by atoms with Crippen molar-refractivity contribution in [1.29, 1.82) is 0 Å². The molecule has 0 unspecified atom stereocenters. The first kappa shape index (κ1) is 14.3. The normalized spacial score (nSPS) is 17.5. The molecule has 1 heterocycles. The summed E-state index contributed by atoms with van der Waals surface area (Å²) in [4.78, 5) is 14.1. The van der Waals surface area contributed by atoms with Gasteiger partial charge < -0.3 is 5.32 Å². The van der Waals surface area contributed by atoms with Gasteiger partial charge in [0.1, 0.15) is 0 Å². The Kier molecular flexibility index (Phi) is 4.76. The third-order valence-electron chi connectivity index (χ3n) is 3.50. The average molecular weight is 297 g/mol. The molecular weight excluding hydrogens is 278 g/mol. The van der Waals surface area contributed by atoms with Crippen molar-refractivity contribution < 1.29 is 4.79 Å². The molecule has 2 rings (SSSR count). The minimum Gasteiger partial charge on any atom is -0.364 e. The molecule has 1 aliphatic carbocycles. The van der Waals surface area contributed by atoms with Crippen LogP contribution in [-0.2, 0) is 12.8 Å². The van der Waals surface area contributed by atoms with Crippen LogP contribution in [0.25, 0.3) is 0 Å². The van der Waals surface area contributed by atoms with Crippen LogP contribution in [0.1, 0.15) is 39.9 Å². The van der Waals surface area contributed by atoms with Gasteiger partial charge in [-0.3, -0.25) is 15.6 Å². The minimum absolute atomic E-state index is 0.120. The fraction of sp³-hybridized carbons (Fsp3) is 0.538. The van der Waals surface area contributed by atoms with Crippen molar-refractivity contribution in [3.05, 3.63) is 21.4 Å². The van der Waals surface area contributed by atoms with Crippen molar-refractivity contribution in [1.82, 2.24) is 16.2 Å². The summed E-state index contributed by atoms with van der Waals surface area (Å²) in [5, 5.41) is 3.15. The fourth-order valence-electron chi connectivity index (χ4n) is 2.30. The van der Waals surface area contributed by atoms with Gasteiger partial charge in [-0.15, -0.1) is 11.3 Å². The van der Waals surface area contributed by atoms with E-state index < -0.39 is 0 Å². The lowest BCUT2D eigenvalue weighted by Gasteiger charge is -2.19. The SMILES string of the molecule is CC[C@H]1CCc2sc(C(=O)NNC(=S)NC)cc2C1. The van der Waals surface area contributed by atoms with E-state index in [1.165, 1.54) is 23.3 Å². The smallest absolute Gasteiger partial charge is 0.279 e. The highest BCUT2D eigenvalue weighted by Crippen LogP contribution is 2.33. The number of hydrogen-bond donors (Lipinski definition) is 3. The van der Waals surface area contributed by atoms with E-state index >= 15 is 0 Å². The summed E-state index contributed by atoms with van der Waals surface area (Å²) in [6.45, 7) is 2.23. The van der Waals surface area contributed by atoms with Gasteiger partial charge in [0, 0.05) is 11.9 Å². The third kappa shape index (κ3) is 3.45. The zero-order chi connectivity index (χ0) is 13.8. The second kappa shape index (κ2) is 6.34. The summed E-state index contributed by atoms with van der Waals surface area (Å²) in [6.07, 6.45) is 4.67. The van der Waals surface area contributed by atoms with Gasteiger partial charge in [0.15, 0.2) is 5.11 Å². The van der Waals surface area contributed by atoms with Crippen LogP contribution in [0.4, 0.5) is 0 Å². The zero-order valence-corrected chi connectivity index (χ0v) is 12.8. The molecule has 19 heavy (non-hydrogen) atoms. The average Bonchev–Trinajstić information content (AvgIpc) is 2.86. The maximum absolute atomic E-state index is 12.0. The molecule has 0 fully saturated rings. The molecule has 1 aromatic heterocycles. The molecule has 6 heteroatoms. The van der Waals surface area contributed by atoms with Gasteiger partial charge in [-0.05, 0) is 49.0 Å². The number of fused-ring (bicyclic) bond motifs is 1. The molecule has 0 saturated carbocycles. The predicted molar refractivity (Wildman–Crippen MR) is 82.4 cm³/mol. The van der Waals surface area contributed by atoms with E-state index in [0.29, 0.717) is 5.11 Å². The Morgan fingerprint density at radius 1 is 1.53 bits per heavy atom. The molecule has 0 aromatic carbocycles. The van der Waals surface area contributed by atoms with E-state index in [2.05, 4.69) is 23.1 Å². The van der Waals surface area contributed by atoms with E-state index in [0.717, 1.165) is 23.6 Å². The molecule has 1 atom stereocenters. The Labute approximate surface area is 122 Å². The summed E-state index contributed by atoms with van der Waals surface area (Å²) in [5.41, 5.74) is 6.61. The number of hydrogen-bond acceptors (Lipinski definition) is 3. The number of carbonyl (C=O) groups is 1. The van der Waals surface area contributed by atoms with Gasteiger partial charge in [0.2, 0.25) is 0 Å². The maximum atomic E-state index is 12.0. The quantitative estimate of drug-likeness (QED) is 0.577. The summed E-state index contributed by atoms with van der Waals surface area (Å²) in [7, 11) is 1.70. The zero-order valence-electron chi connectivity index (χ0n) is 11.2. The first-order chi connectivity index (χ1) is 9.13. The summed E-state index contributed by atoms with van der Waals surface area (Å²) in [5.74, 6) is 0.651. The number of aryl methyl sites for hydroxylation is 1. The standard InChI is InChI=1S/C13H19N3OS2/c1-3-8-4-5-10-9(6-8)7-11(19-10)12(17)15-16-13(18)14-2/h7-8H,3-6H2,1-2H3,(H,15,17)(H2,14,16,18)/t8-/m0/s1. The Bertz CT molecular complexity index is 484. The van der Waals surface area contributed by atoms with Crippen LogP contribution in [0.15, 0.2) is 6.07 Å². The Morgan fingerprint density at radius 2 is 2.32 bits per heavy atom. The van der Waals surface area contributed by atoms with Crippen LogP contribution < -0.4 is 16.2 Å². The van der Waals surface area contributed by atoms with E-state index in [4.69, 9.17) is 12.2 Å². The molecule has 0 saturated heterocycles. The number of amides is 1. The van der Waals surface area contributed by atoms with Gasteiger partial charge in [0.25, 0.3) is 5.91 Å². The van der Waals surface area contributed by atoms with E-state index in [9.17, 15) is 4.79 Å². The van der Waals surface area contributed by atoms with Gasteiger partial charge in [-0.25, -0.2) is 0 Å². The lowest BCUT2D eigenvalue weighted by molar-refractivity contribution is 0.0948. The number of rotatable bonds is 2. The maximum Gasteiger partial charge on any atom is 0.279 e. The van der Waals surface area contributed by atoms with Crippen molar-refractivity contribution in [2.75, 3.05) is 7.05 Å². The van der Waals surface area contributed by atoms with Crippen molar-refractivity contribution in [2.45, 2.75) is 32.6 Å². The van der Waals surface area contributed by atoms with Crippen molar-refractivity contribution in [2.24, 2.45) is 5.92 Å². The Hall–Kier alpha value is -1.14. The van der Waals surface area contributed by atoms with Crippen LogP contribution in [-0.4, -0.2) is 18.1 Å². The molecule has 104 valence electrons. The molecule has 0 aliphatic heterocycles. The largest absolute Gasteiger partial charge is 0.364 e.